The Bertz CT molecular complexity index is 1220. The van der Waals surface area contributed by atoms with Crippen molar-refractivity contribution in [1.29, 1.82) is 0 Å². The van der Waals surface area contributed by atoms with Crippen LogP contribution in [0.4, 0.5) is 26.3 Å². The van der Waals surface area contributed by atoms with Crippen molar-refractivity contribution in [3.8, 4) is 5.75 Å². The maximum atomic E-state index is 13.7. The molecule has 0 unspecified atom stereocenters. The largest absolute Gasteiger partial charge is 0.490 e. The Morgan fingerprint density at radius 1 is 0.571 bits per heavy atom. The molecule has 3 aromatic rings. The highest BCUT2D eigenvalue weighted by atomic mass is 32.2. The first kappa shape index (κ1) is 33.8. The van der Waals surface area contributed by atoms with E-state index in [-0.39, 0.29) is 16.6 Å². The van der Waals surface area contributed by atoms with Crippen LogP contribution in [-0.4, -0.2) is 38.5 Å². The summed E-state index contributed by atoms with van der Waals surface area (Å²) in [6.45, 7) is 9.70. The highest BCUT2D eigenvalue weighted by Gasteiger charge is 2.73. The van der Waals surface area contributed by atoms with E-state index in [1.54, 1.807) is 12.1 Å². The zero-order valence-corrected chi connectivity index (χ0v) is 25.6. The van der Waals surface area contributed by atoms with Gasteiger partial charge in [-0.25, -0.2) is 0 Å². The van der Waals surface area contributed by atoms with Crippen molar-refractivity contribution in [3.05, 3.63) is 83.9 Å². The van der Waals surface area contributed by atoms with Crippen LogP contribution in [0.2, 0.25) is 0 Å². The summed E-state index contributed by atoms with van der Waals surface area (Å²) >= 11 is 0. The van der Waals surface area contributed by atoms with Gasteiger partial charge >= 0.3 is 12.4 Å². The summed E-state index contributed by atoms with van der Waals surface area (Å²) in [4.78, 5) is 2.85. The van der Waals surface area contributed by atoms with E-state index in [9.17, 15) is 26.3 Å². The van der Waals surface area contributed by atoms with E-state index in [4.69, 9.17) is 4.74 Å². The lowest BCUT2D eigenvalue weighted by Gasteiger charge is -2.36. The van der Waals surface area contributed by atoms with Crippen LogP contribution in [0, 0.1) is 0 Å². The van der Waals surface area contributed by atoms with E-state index in [1.165, 1.54) is 12.1 Å². The van der Waals surface area contributed by atoms with E-state index in [0.717, 1.165) is 32.9 Å². The molecule has 0 amide bonds. The molecule has 0 aliphatic carbocycles. The summed E-state index contributed by atoms with van der Waals surface area (Å²) in [5.74, 6) is -0.160. The Morgan fingerprint density at radius 3 is 1.24 bits per heavy atom. The van der Waals surface area contributed by atoms with Gasteiger partial charge in [-0.05, 0) is 70.5 Å². The van der Waals surface area contributed by atoms with Gasteiger partial charge in [-0.1, -0.05) is 65.8 Å². The molecule has 0 aliphatic heterocycles. The van der Waals surface area contributed by atoms with Crippen LogP contribution in [0.15, 0.2) is 87.5 Å². The SMILES string of the molecule is COCOC(COc1ccc([S+](c2ccc(C(C)(C)C)cc2)c2ccc(C(C)(C)C)cc2)cc1)(C(F)(F)F)C(F)(F)F. The van der Waals surface area contributed by atoms with Crippen molar-refractivity contribution in [1.82, 2.24) is 0 Å². The number of hydrogen-bond acceptors (Lipinski definition) is 3. The number of methoxy groups -OCH3 is 1. The van der Waals surface area contributed by atoms with E-state index >= 15 is 0 Å². The Hall–Kier alpha value is -2.69. The lowest BCUT2D eigenvalue weighted by atomic mass is 9.87. The molecule has 0 heterocycles. The monoisotopic (exact) mass is 615 g/mol. The fourth-order valence-electron chi connectivity index (χ4n) is 4.14. The summed E-state index contributed by atoms with van der Waals surface area (Å²) in [6.07, 6.45) is -11.6. The number of ether oxygens (including phenoxy) is 3. The molecule has 0 radical (unpaired) electrons. The van der Waals surface area contributed by atoms with Crippen LogP contribution in [0.1, 0.15) is 52.7 Å². The van der Waals surface area contributed by atoms with Gasteiger partial charge in [-0.2, -0.15) is 26.3 Å². The molecule has 0 spiro atoms. The lowest BCUT2D eigenvalue weighted by Crippen LogP contribution is -2.62. The summed E-state index contributed by atoms with van der Waals surface area (Å²) in [5.41, 5.74) is -2.31. The number of rotatable bonds is 9. The first-order valence-electron chi connectivity index (χ1n) is 13.2. The normalized spacial score (nSPS) is 13.5. The third kappa shape index (κ3) is 7.63. The second-order valence-corrected chi connectivity index (χ2v) is 14.0. The van der Waals surface area contributed by atoms with Gasteiger partial charge in [0.1, 0.15) is 19.1 Å². The Kier molecular flexibility index (Phi) is 10.1. The molecule has 0 atom stereocenters. The molecule has 230 valence electrons. The third-order valence-corrected chi connectivity index (χ3v) is 8.98. The molecule has 42 heavy (non-hydrogen) atoms. The molecule has 0 aliphatic rings. The van der Waals surface area contributed by atoms with Gasteiger partial charge in [-0.15, -0.1) is 0 Å². The van der Waals surface area contributed by atoms with Crippen molar-refractivity contribution >= 4 is 10.9 Å². The minimum absolute atomic E-state index is 0.0422. The van der Waals surface area contributed by atoms with E-state index in [0.29, 0.717) is 0 Å². The van der Waals surface area contributed by atoms with Crippen LogP contribution < -0.4 is 4.74 Å². The topological polar surface area (TPSA) is 27.7 Å². The first-order valence-corrected chi connectivity index (χ1v) is 14.5. The smallest absolute Gasteiger partial charge is 0.430 e. The van der Waals surface area contributed by atoms with E-state index in [1.807, 2.05) is 0 Å². The zero-order chi connectivity index (χ0) is 31.6. The maximum Gasteiger partial charge on any atom is 0.430 e. The van der Waals surface area contributed by atoms with Crippen LogP contribution in [0.5, 0.6) is 5.75 Å². The average molecular weight is 616 g/mol. The predicted octanol–water partition coefficient (Wildman–Crippen LogP) is 9.24. The highest BCUT2D eigenvalue weighted by Crippen LogP contribution is 2.46. The summed E-state index contributed by atoms with van der Waals surface area (Å²) in [7, 11) is 0.329. The summed E-state index contributed by atoms with van der Waals surface area (Å²) in [6, 6.07) is 22.6. The number of hydrogen-bond donors (Lipinski definition) is 0. The first-order chi connectivity index (χ1) is 19.3. The third-order valence-electron chi connectivity index (χ3n) is 6.75. The second-order valence-electron chi connectivity index (χ2n) is 12.0. The lowest BCUT2D eigenvalue weighted by molar-refractivity contribution is -0.397. The molecular formula is C32H37F6O3S+. The van der Waals surface area contributed by atoms with Gasteiger partial charge < -0.3 is 14.2 Å². The maximum absolute atomic E-state index is 13.7. The number of alkyl halides is 6. The molecule has 0 aromatic heterocycles. The molecule has 10 heteroatoms. The van der Waals surface area contributed by atoms with Crippen molar-refractivity contribution < 1.29 is 40.6 Å². The molecule has 0 saturated carbocycles. The summed E-state index contributed by atoms with van der Waals surface area (Å²) in [5, 5.41) is 0. The van der Waals surface area contributed by atoms with Crippen LogP contribution in [0.25, 0.3) is 0 Å². The van der Waals surface area contributed by atoms with E-state index < -0.39 is 42.2 Å². The number of benzene rings is 3. The molecular weight excluding hydrogens is 578 g/mol. The van der Waals surface area contributed by atoms with E-state index in [2.05, 4.69) is 99.5 Å². The zero-order valence-electron chi connectivity index (χ0n) is 24.7. The van der Waals surface area contributed by atoms with Crippen molar-refractivity contribution in [2.45, 2.75) is 85.0 Å². The predicted molar refractivity (Wildman–Crippen MR) is 152 cm³/mol. The van der Waals surface area contributed by atoms with Gasteiger partial charge in [0.2, 0.25) is 0 Å². The van der Waals surface area contributed by atoms with Gasteiger partial charge in [0.15, 0.2) is 14.7 Å². The molecule has 3 rings (SSSR count). The standard InChI is InChI=1S/C32H37F6O3S/c1-28(2,3)22-8-14-25(15-9-22)42(26-16-10-23(11-17-26)29(4,5)6)27-18-12-24(13-19-27)40-20-30(31(33,34)35,32(36,37)38)41-21-39-7/h8-19H,20-21H2,1-7H3/q+1. The van der Waals surface area contributed by atoms with Crippen LogP contribution in [-0.2, 0) is 31.2 Å². The van der Waals surface area contributed by atoms with Crippen LogP contribution in [0.3, 0.4) is 0 Å². The molecule has 0 saturated heterocycles. The molecule has 0 bridgehead atoms. The summed E-state index contributed by atoms with van der Waals surface area (Å²) < 4.78 is 95.6. The molecule has 0 N–H and O–H groups in total. The fourth-order valence-corrected chi connectivity index (χ4v) is 6.18. The molecule has 0 fully saturated rings. The van der Waals surface area contributed by atoms with Crippen LogP contribution >= 0.6 is 0 Å². The highest BCUT2D eigenvalue weighted by molar-refractivity contribution is 7.97. The minimum Gasteiger partial charge on any atom is -0.490 e. The average Bonchev–Trinajstić information content (AvgIpc) is 2.88. The minimum atomic E-state index is -5.80. The second kappa shape index (κ2) is 12.5. The quantitative estimate of drug-likeness (QED) is 0.136. The number of halogens is 6. The van der Waals surface area contributed by atoms with Gasteiger partial charge in [0.05, 0.1) is 10.9 Å². The van der Waals surface area contributed by atoms with Crippen molar-refractivity contribution in [3.63, 3.8) is 0 Å². The fraction of sp³-hybridized carbons (Fsp3) is 0.438. The Labute approximate surface area is 246 Å². The Morgan fingerprint density at radius 2 is 0.929 bits per heavy atom. The van der Waals surface area contributed by atoms with Gasteiger partial charge in [0, 0.05) is 7.11 Å². The van der Waals surface area contributed by atoms with Crippen molar-refractivity contribution in [2.75, 3.05) is 20.5 Å². The Balaban J connectivity index is 1.98. The van der Waals surface area contributed by atoms with Crippen molar-refractivity contribution in [2.24, 2.45) is 0 Å². The van der Waals surface area contributed by atoms with Gasteiger partial charge in [0.25, 0.3) is 5.60 Å². The molecule has 3 aromatic carbocycles. The molecule has 3 nitrogen and oxygen atoms in total. The van der Waals surface area contributed by atoms with Gasteiger partial charge in [-0.3, -0.25) is 0 Å².